The number of anilines is 1. The predicted molar refractivity (Wildman–Crippen MR) is 87.6 cm³/mol. The van der Waals surface area contributed by atoms with Crippen molar-refractivity contribution < 1.29 is 4.74 Å². The van der Waals surface area contributed by atoms with Crippen molar-refractivity contribution in [3.05, 3.63) is 65.7 Å². The van der Waals surface area contributed by atoms with Crippen LogP contribution < -0.4 is 5.32 Å². The molecule has 2 aromatic rings. The third kappa shape index (κ3) is 3.45. The first-order valence-electron chi connectivity index (χ1n) is 7.84. The summed E-state index contributed by atoms with van der Waals surface area (Å²) in [7, 11) is 0. The van der Waals surface area contributed by atoms with Gasteiger partial charge in [0, 0.05) is 23.9 Å². The van der Waals surface area contributed by atoms with E-state index in [4.69, 9.17) is 4.74 Å². The van der Waals surface area contributed by atoms with Crippen molar-refractivity contribution in [3.8, 4) is 0 Å². The summed E-state index contributed by atoms with van der Waals surface area (Å²) in [6.45, 7) is 3.48. The quantitative estimate of drug-likeness (QED) is 0.836. The second-order valence-corrected chi connectivity index (χ2v) is 5.71. The molecule has 1 N–H and O–H groups in total. The molecule has 0 amide bonds. The van der Waals surface area contributed by atoms with Crippen molar-refractivity contribution in [2.24, 2.45) is 0 Å². The van der Waals surface area contributed by atoms with E-state index < -0.39 is 0 Å². The molecule has 0 atom stereocenters. The predicted octanol–water partition coefficient (Wildman–Crippen LogP) is 4.58. The Kier molecular flexibility index (Phi) is 4.56. The zero-order valence-electron chi connectivity index (χ0n) is 12.6. The normalized spacial score (nSPS) is 20.8. The van der Waals surface area contributed by atoms with Gasteiger partial charge in [-0.2, -0.15) is 0 Å². The van der Waals surface area contributed by atoms with Crippen LogP contribution in [0.3, 0.4) is 0 Å². The van der Waals surface area contributed by atoms with Crippen LogP contribution >= 0.6 is 0 Å². The lowest BCUT2D eigenvalue weighted by molar-refractivity contribution is 0.134. The lowest BCUT2D eigenvalue weighted by atomic mass is 9.76. The fraction of sp³-hybridized carbons (Fsp3) is 0.368. The Morgan fingerprint density at radius 2 is 1.71 bits per heavy atom. The fourth-order valence-corrected chi connectivity index (χ4v) is 2.95. The van der Waals surface area contributed by atoms with Crippen LogP contribution in [0.2, 0.25) is 0 Å². The van der Waals surface area contributed by atoms with Crippen LogP contribution in [-0.4, -0.2) is 12.6 Å². The summed E-state index contributed by atoms with van der Waals surface area (Å²) in [6, 6.07) is 19.9. The van der Waals surface area contributed by atoms with Crippen LogP contribution in [0.5, 0.6) is 0 Å². The van der Waals surface area contributed by atoms with Gasteiger partial charge in [0.2, 0.25) is 0 Å². The first-order chi connectivity index (χ1) is 10.4. The lowest BCUT2D eigenvalue weighted by Crippen LogP contribution is -2.34. The zero-order chi connectivity index (χ0) is 14.5. The highest BCUT2D eigenvalue weighted by atomic mass is 16.5. The van der Waals surface area contributed by atoms with Gasteiger partial charge < -0.3 is 10.1 Å². The van der Waals surface area contributed by atoms with Crippen LogP contribution in [0.4, 0.5) is 5.69 Å². The third-order valence-electron chi connectivity index (χ3n) is 4.25. The van der Waals surface area contributed by atoms with E-state index in [0.717, 1.165) is 6.61 Å². The SMILES string of the molecule is CCOCc1ccccc1NC1CC(c2ccccc2)C1. The van der Waals surface area contributed by atoms with Gasteiger partial charge in [0.05, 0.1) is 6.61 Å². The highest BCUT2D eigenvalue weighted by Gasteiger charge is 2.30. The largest absolute Gasteiger partial charge is 0.382 e. The Morgan fingerprint density at radius 3 is 2.48 bits per heavy atom. The topological polar surface area (TPSA) is 21.3 Å². The number of hydrogen-bond acceptors (Lipinski definition) is 2. The first kappa shape index (κ1) is 14.2. The van der Waals surface area contributed by atoms with E-state index in [9.17, 15) is 0 Å². The molecule has 1 saturated carbocycles. The average molecular weight is 281 g/mol. The van der Waals surface area contributed by atoms with Crippen molar-refractivity contribution >= 4 is 5.69 Å². The molecule has 0 aromatic heterocycles. The number of hydrogen-bond donors (Lipinski definition) is 1. The number of benzene rings is 2. The summed E-state index contributed by atoms with van der Waals surface area (Å²) < 4.78 is 5.54. The van der Waals surface area contributed by atoms with Gasteiger partial charge >= 0.3 is 0 Å². The highest BCUT2D eigenvalue weighted by Crippen LogP contribution is 2.38. The van der Waals surface area contributed by atoms with Crippen molar-refractivity contribution in [2.45, 2.75) is 38.3 Å². The minimum atomic E-state index is 0.581. The van der Waals surface area contributed by atoms with E-state index in [2.05, 4.69) is 59.9 Å². The molecule has 1 aliphatic rings. The molecule has 0 aliphatic heterocycles. The number of nitrogens with one attached hydrogen (secondary N) is 1. The summed E-state index contributed by atoms with van der Waals surface area (Å²) in [4.78, 5) is 0. The molecular formula is C19H23NO. The van der Waals surface area contributed by atoms with Crippen LogP contribution in [0.25, 0.3) is 0 Å². The van der Waals surface area contributed by atoms with Crippen LogP contribution in [-0.2, 0) is 11.3 Å². The maximum atomic E-state index is 5.54. The van der Waals surface area contributed by atoms with Crippen LogP contribution in [0.1, 0.15) is 36.8 Å². The maximum absolute atomic E-state index is 5.54. The Hall–Kier alpha value is -1.80. The summed E-state index contributed by atoms with van der Waals surface area (Å²) in [6.07, 6.45) is 2.43. The minimum Gasteiger partial charge on any atom is -0.382 e. The molecule has 110 valence electrons. The number of para-hydroxylation sites is 1. The second-order valence-electron chi connectivity index (χ2n) is 5.71. The van der Waals surface area contributed by atoms with E-state index >= 15 is 0 Å². The summed E-state index contributed by atoms with van der Waals surface area (Å²) in [5.41, 5.74) is 3.95. The zero-order valence-corrected chi connectivity index (χ0v) is 12.6. The molecule has 1 fully saturated rings. The summed E-state index contributed by atoms with van der Waals surface area (Å²) >= 11 is 0. The van der Waals surface area contributed by atoms with E-state index in [1.54, 1.807) is 0 Å². The molecule has 3 rings (SSSR count). The van der Waals surface area contributed by atoms with E-state index in [-0.39, 0.29) is 0 Å². The van der Waals surface area contributed by atoms with Crippen molar-refractivity contribution in [3.63, 3.8) is 0 Å². The van der Waals surface area contributed by atoms with E-state index in [0.29, 0.717) is 18.6 Å². The van der Waals surface area contributed by atoms with Gasteiger partial charge in [-0.05, 0) is 37.3 Å². The van der Waals surface area contributed by atoms with E-state index in [1.165, 1.54) is 29.7 Å². The molecule has 0 heterocycles. The first-order valence-corrected chi connectivity index (χ1v) is 7.84. The molecule has 0 saturated heterocycles. The molecule has 21 heavy (non-hydrogen) atoms. The van der Waals surface area contributed by atoms with E-state index in [1.807, 2.05) is 6.92 Å². The Bertz CT molecular complexity index is 561. The van der Waals surface area contributed by atoms with Crippen LogP contribution in [0.15, 0.2) is 54.6 Å². The number of ether oxygens (including phenoxy) is 1. The fourth-order valence-electron chi connectivity index (χ4n) is 2.95. The van der Waals surface area contributed by atoms with Gasteiger partial charge in [0.15, 0.2) is 0 Å². The van der Waals surface area contributed by atoms with Crippen molar-refractivity contribution in [1.29, 1.82) is 0 Å². The standard InChI is InChI=1S/C19H23NO/c1-2-21-14-16-10-6-7-11-19(16)20-18-12-17(13-18)15-8-4-3-5-9-15/h3-11,17-18,20H,2,12-14H2,1H3. The van der Waals surface area contributed by atoms with Gasteiger partial charge in [-0.15, -0.1) is 0 Å². The maximum Gasteiger partial charge on any atom is 0.0736 e. The molecule has 0 radical (unpaired) electrons. The summed E-state index contributed by atoms with van der Waals surface area (Å²) in [5, 5.41) is 3.68. The van der Waals surface area contributed by atoms with Crippen LogP contribution in [0, 0.1) is 0 Å². The molecule has 2 aromatic carbocycles. The van der Waals surface area contributed by atoms with Crippen molar-refractivity contribution in [1.82, 2.24) is 0 Å². The van der Waals surface area contributed by atoms with Gasteiger partial charge in [0.25, 0.3) is 0 Å². The molecule has 0 spiro atoms. The van der Waals surface area contributed by atoms with Gasteiger partial charge in [-0.3, -0.25) is 0 Å². The molecule has 0 unspecified atom stereocenters. The lowest BCUT2D eigenvalue weighted by Gasteiger charge is -2.37. The Morgan fingerprint density at radius 1 is 1.00 bits per heavy atom. The van der Waals surface area contributed by atoms with Gasteiger partial charge in [0.1, 0.15) is 0 Å². The van der Waals surface area contributed by atoms with Gasteiger partial charge in [-0.1, -0.05) is 48.5 Å². The number of rotatable bonds is 6. The molecular weight excluding hydrogens is 258 g/mol. The third-order valence-corrected chi connectivity index (χ3v) is 4.25. The average Bonchev–Trinajstić information content (AvgIpc) is 2.50. The second kappa shape index (κ2) is 6.77. The highest BCUT2D eigenvalue weighted by molar-refractivity contribution is 5.52. The van der Waals surface area contributed by atoms with Crippen molar-refractivity contribution in [2.75, 3.05) is 11.9 Å². The summed E-state index contributed by atoms with van der Waals surface area (Å²) in [5.74, 6) is 0.711. The molecule has 2 nitrogen and oxygen atoms in total. The smallest absolute Gasteiger partial charge is 0.0736 e. The molecule has 1 aliphatic carbocycles. The monoisotopic (exact) mass is 281 g/mol. The van der Waals surface area contributed by atoms with Gasteiger partial charge in [-0.25, -0.2) is 0 Å². The Labute approximate surface area is 127 Å². The Balaban J connectivity index is 1.57. The molecule has 0 bridgehead atoms. The molecule has 2 heteroatoms. The minimum absolute atomic E-state index is 0.581.